The zero-order valence-corrected chi connectivity index (χ0v) is 10.7. The summed E-state index contributed by atoms with van der Waals surface area (Å²) in [6.07, 6.45) is 1.67. The first kappa shape index (κ1) is 12.9. The molecule has 0 bridgehead atoms. The van der Waals surface area contributed by atoms with Crippen LogP contribution in [0.3, 0.4) is 0 Å². The third-order valence-corrected chi connectivity index (χ3v) is 2.56. The number of rotatable bonds is 4. The van der Waals surface area contributed by atoms with E-state index in [2.05, 4.69) is 10.3 Å². The number of nitrogens with one attached hydrogen (secondary N) is 1. The number of anilines is 2. The molecule has 98 valence electrons. The molecule has 1 aromatic heterocycles. The van der Waals surface area contributed by atoms with Crippen LogP contribution < -0.4 is 10.1 Å². The molecule has 0 unspecified atom stereocenters. The fraction of sp³-hybridized carbons (Fsp3) is 0.143. The lowest BCUT2D eigenvalue weighted by molar-refractivity contribution is 0.0602. The standard InChI is InChI=1S/C14H14N2O3/c1-18-10-6-7-11(14(17)19-2)12(9-10)16-13-5-3-4-8-15-13/h3-9H,1-2H3,(H,15,16). The van der Waals surface area contributed by atoms with Gasteiger partial charge in [0.15, 0.2) is 0 Å². The van der Waals surface area contributed by atoms with Crippen LogP contribution in [0.15, 0.2) is 42.6 Å². The van der Waals surface area contributed by atoms with Crippen molar-refractivity contribution < 1.29 is 14.3 Å². The lowest BCUT2D eigenvalue weighted by Crippen LogP contribution is -2.06. The predicted octanol–water partition coefficient (Wildman–Crippen LogP) is 2.62. The number of carbonyl (C=O) groups is 1. The van der Waals surface area contributed by atoms with Gasteiger partial charge in [0.2, 0.25) is 0 Å². The summed E-state index contributed by atoms with van der Waals surface area (Å²) in [5, 5.41) is 3.07. The molecule has 5 nitrogen and oxygen atoms in total. The Morgan fingerprint density at radius 1 is 1.21 bits per heavy atom. The molecule has 2 rings (SSSR count). The summed E-state index contributed by atoms with van der Waals surface area (Å²) in [5.74, 6) is 0.869. The highest BCUT2D eigenvalue weighted by Crippen LogP contribution is 2.25. The van der Waals surface area contributed by atoms with Crippen molar-refractivity contribution in [2.45, 2.75) is 0 Å². The summed E-state index contributed by atoms with van der Waals surface area (Å²) in [5.41, 5.74) is 1.01. The smallest absolute Gasteiger partial charge is 0.339 e. The summed E-state index contributed by atoms with van der Waals surface area (Å²) in [7, 11) is 2.91. The highest BCUT2D eigenvalue weighted by molar-refractivity contribution is 5.96. The van der Waals surface area contributed by atoms with Crippen LogP contribution in [0, 0.1) is 0 Å². The van der Waals surface area contributed by atoms with Crippen molar-refractivity contribution in [3.63, 3.8) is 0 Å². The fourth-order valence-corrected chi connectivity index (χ4v) is 1.62. The van der Waals surface area contributed by atoms with Gasteiger partial charge in [-0.2, -0.15) is 0 Å². The summed E-state index contributed by atoms with van der Waals surface area (Å²) in [6, 6.07) is 10.6. The number of hydrogen-bond acceptors (Lipinski definition) is 5. The maximum atomic E-state index is 11.7. The summed E-state index contributed by atoms with van der Waals surface area (Å²) in [4.78, 5) is 15.9. The minimum Gasteiger partial charge on any atom is -0.497 e. The van der Waals surface area contributed by atoms with Crippen LogP contribution in [-0.4, -0.2) is 25.2 Å². The first-order chi connectivity index (χ1) is 9.24. The van der Waals surface area contributed by atoms with E-state index >= 15 is 0 Å². The van der Waals surface area contributed by atoms with Gasteiger partial charge in [0.1, 0.15) is 11.6 Å². The van der Waals surface area contributed by atoms with Crippen LogP contribution in [0.1, 0.15) is 10.4 Å². The number of benzene rings is 1. The molecule has 0 fully saturated rings. The number of esters is 1. The molecule has 2 aromatic rings. The van der Waals surface area contributed by atoms with E-state index in [-0.39, 0.29) is 0 Å². The van der Waals surface area contributed by atoms with Gasteiger partial charge in [-0.25, -0.2) is 9.78 Å². The van der Waals surface area contributed by atoms with E-state index in [9.17, 15) is 4.79 Å². The van der Waals surface area contributed by atoms with Crippen molar-refractivity contribution in [1.82, 2.24) is 4.98 Å². The van der Waals surface area contributed by atoms with Crippen molar-refractivity contribution >= 4 is 17.5 Å². The second-order valence-electron chi connectivity index (χ2n) is 3.74. The number of methoxy groups -OCH3 is 2. The second kappa shape index (κ2) is 5.86. The molecule has 0 atom stereocenters. The van der Waals surface area contributed by atoms with E-state index in [0.717, 1.165) is 0 Å². The molecule has 1 aromatic carbocycles. The third kappa shape index (κ3) is 3.01. The Labute approximate surface area is 111 Å². The van der Waals surface area contributed by atoms with Gasteiger partial charge in [0.25, 0.3) is 0 Å². The van der Waals surface area contributed by atoms with Gasteiger partial charge in [-0.1, -0.05) is 6.07 Å². The lowest BCUT2D eigenvalue weighted by Gasteiger charge is -2.11. The Bertz CT molecular complexity index is 570. The molecule has 0 aliphatic rings. The van der Waals surface area contributed by atoms with Gasteiger partial charge < -0.3 is 14.8 Å². The van der Waals surface area contributed by atoms with Crippen LogP contribution in [0.4, 0.5) is 11.5 Å². The van der Waals surface area contributed by atoms with E-state index < -0.39 is 5.97 Å². The number of carbonyl (C=O) groups excluding carboxylic acids is 1. The molecule has 0 aliphatic carbocycles. The maximum Gasteiger partial charge on any atom is 0.339 e. The van der Waals surface area contributed by atoms with Crippen LogP contribution >= 0.6 is 0 Å². The minimum absolute atomic E-state index is 0.416. The highest BCUT2D eigenvalue weighted by Gasteiger charge is 2.13. The molecule has 5 heteroatoms. The molecule has 1 heterocycles. The molecule has 19 heavy (non-hydrogen) atoms. The van der Waals surface area contributed by atoms with Crippen LogP contribution in [-0.2, 0) is 4.74 Å². The molecular weight excluding hydrogens is 244 g/mol. The maximum absolute atomic E-state index is 11.7. The Balaban J connectivity index is 2.38. The lowest BCUT2D eigenvalue weighted by atomic mass is 10.1. The molecule has 0 aliphatic heterocycles. The highest BCUT2D eigenvalue weighted by atomic mass is 16.5. The molecule has 0 spiro atoms. The third-order valence-electron chi connectivity index (χ3n) is 2.56. The molecular formula is C14H14N2O3. The monoisotopic (exact) mass is 258 g/mol. The normalized spacial score (nSPS) is 9.79. The van der Waals surface area contributed by atoms with Gasteiger partial charge in [-0.3, -0.25) is 0 Å². The van der Waals surface area contributed by atoms with Gasteiger partial charge in [-0.15, -0.1) is 0 Å². The first-order valence-corrected chi connectivity index (χ1v) is 5.69. The Morgan fingerprint density at radius 3 is 2.68 bits per heavy atom. The van der Waals surface area contributed by atoms with E-state index in [4.69, 9.17) is 9.47 Å². The molecule has 1 N–H and O–H groups in total. The van der Waals surface area contributed by atoms with Crippen LogP contribution in [0.5, 0.6) is 5.75 Å². The fourth-order valence-electron chi connectivity index (χ4n) is 1.62. The largest absolute Gasteiger partial charge is 0.497 e. The zero-order valence-electron chi connectivity index (χ0n) is 10.7. The van der Waals surface area contributed by atoms with Crippen molar-refractivity contribution in [3.8, 4) is 5.75 Å². The topological polar surface area (TPSA) is 60.5 Å². The number of pyridine rings is 1. The molecule has 0 saturated carbocycles. The van der Waals surface area contributed by atoms with Crippen molar-refractivity contribution in [2.24, 2.45) is 0 Å². The van der Waals surface area contributed by atoms with Crippen LogP contribution in [0.2, 0.25) is 0 Å². The number of aromatic nitrogens is 1. The number of ether oxygens (including phenoxy) is 2. The zero-order chi connectivity index (χ0) is 13.7. The Hall–Kier alpha value is -2.56. The second-order valence-corrected chi connectivity index (χ2v) is 3.74. The Morgan fingerprint density at radius 2 is 2.05 bits per heavy atom. The summed E-state index contributed by atoms with van der Waals surface area (Å²) in [6.45, 7) is 0. The van der Waals surface area contributed by atoms with Gasteiger partial charge in [0.05, 0.1) is 25.5 Å². The van der Waals surface area contributed by atoms with E-state index in [1.165, 1.54) is 7.11 Å². The van der Waals surface area contributed by atoms with Crippen molar-refractivity contribution in [2.75, 3.05) is 19.5 Å². The van der Waals surface area contributed by atoms with E-state index in [1.807, 2.05) is 12.1 Å². The predicted molar refractivity (Wildman–Crippen MR) is 71.9 cm³/mol. The molecule has 0 saturated heterocycles. The first-order valence-electron chi connectivity index (χ1n) is 5.69. The number of hydrogen-bond donors (Lipinski definition) is 1. The van der Waals surface area contributed by atoms with Gasteiger partial charge in [0, 0.05) is 12.3 Å². The minimum atomic E-state index is -0.416. The van der Waals surface area contributed by atoms with E-state index in [0.29, 0.717) is 22.8 Å². The molecule has 0 amide bonds. The SMILES string of the molecule is COC(=O)c1ccc(OC)cc1Nc1ccccn1. The van der Waals surface area contributed by atoms with E-state index in [1.54, 1.807) is 37.6 Å². The Kier molecular flexibility index (Phi) is 3.97. The quantitative estimate of drug-likeness (QED) is 0.854. The van der Waals surface area contributed by atoms with Gasteiger partial charge in [-0.05, 0) is 24.3 Å². The molecule has 0 radical (unpaired) electrons. The van der Waals surface area contributed by atoms with Crippen molar-refractivity contribution in [3.05, 3.63) is 48.2 Å². The average molecular weight is 258 g/mol. The average Bonchev–Trinajstić information content (AvgIpc) is 2.47. The summed E-state index contributed by atoms with van der Waals surface area (Å²) >= 11 is 0. The van der Waals surface area contributed by atoms with Crippen molar-refractivity contribution in [1.29, 1.82) is 0 Å². The summed E-state index contributed by atoms with van der Waals surface area (Å²) < 4.78 is 9.90. The van der Waals surface area contributed by atoms with Crippen LogP contribution in [0.25, 0.3) is 0 Å². The number of nitrogens with zero attached hydrogens (tertiary/aromatic N) is 1. The van der Waals surface area contributed by atoms with Gasteiger partial charge >= 0.3 is 5.97 Å².